The van der Waals surface area contributed by atoms with Gasteiger partial charge in [-0.15, -0.1) is 0 Å². The molecule has 0 heterocycles. The zero-order chi connectivity index (χ0) is 94.4. The zero-order valence-electron chi connectivity index (χ0n) is 75.3. The maximum absolute atomic E-state index is 12.0. The lowest BCUT2D eigenvalue weighted by atomic mass is 9.82. The number of rotatable bonds is 49. The number of benzene rings is 1. The normalized spacial score (nSPS) is 12.1. The average molecular weight is 1730 g/mol. The van der Waals surface area contributed by atoms with Crippen LogP contribution in [-0.2, 0) is 124 Å². The maximum Gasteiger partial charge on any atom is 0.407 e. The van der Waals surface area contributed by atoms with Crippen molar-refractivity contribution in [3.63, 3.8) is 0 Å². The van der Waals surface area contributed by atoms with Crippen LogP contribution in [0.15, 0.2) is 97.7 Å². The van der Waals surface area contributed by atoms with Gasteiger partial charge in [-0.05, 0) is 138 Å². The summed E-state index contributed by atoms with van der Waals surface area (Å²) in [6.07, 6.45) is 0.890. The van der Waals surface area contributed by atoms with Gasteiger partial charge < -0.3 is 97.4 Å². The van der Waals surface area contributed by atoms with Gasteiger partial charge >= 0.3 is 83.8 Å². The first-order chi connectivity index (χ1) is 56.2. The van der Waals surface area contributed by atoms with E-state index in [4.69, 9.17) is 61.6 Å². The van der Waals surface area contributed by atoms with Crippen LogP contribution in [0.2, 0.25) is 0 Å². The number of alkyl carbamates (subject to hydrolysis) is 2. The van der Waals surface area contributed by atoms with Crippen molar-refractivity contribution in [3.05, 3.63) is 109 Å². The van der Waals surface area contributed by atoms with Gasteiger partial charge in [0.1, 0.15) is 90.5 Å². The van der Waals surface area contributed by atoms with E-state index in [9.17, 15) is 87.5 Å². The minimum atomic E-state index is -1.07. The van der Waals surface area contributed by atoms with E-state index in [1.165, 1.54) is 27.7 Å². The molecule has 121 heavy (non-hydrogen) atoms. The van der Waals surface area contributed by atoms with Crippen LogP contribution in [0.4, 0.5) is 9.59 Å². The molecule has 0 aliphatic carbocycles. The molecule has 6 N–H and O–H groups in total. The van der Waals surface area contributed by atoms with Gasteiger partial charge in [0.25, 0.3) is 0 Å². The number of aliphatic hydroxyl groups excluding tert-OH is 4. The van der Waals surface area contributed by atoms with Gasteiger partial charge in [-0.2, -0.15) is 0 Å². The number of carbonyl (C=O) groups excluding carboxylic acids is 14. The molecule has 0 bridgehead atoms. The third-order valence-electron chi connectivity index (χ3n) is 17.0. The summed E-state index contributed by atoms with van der Waals surface area (Å²) in [5.41, 5.74) is 1.32. The van der Waals surface area contributed by atoms with Crippen molar-refractivity contribution in [2.24, 2.45) is 28.1 Å². The van der Waals surface area contributed by atoms with Crippen LogP contribution in [0.1, 0.15) is 213 Å². The van der Waals surface area contributed by atoms with Gasteiger partial charge in [-0.3, -0.25) is 24.0 Å². The third kappa shape index (κ3) is 61.6. The number of hydrogen-bond donors (Lipinski definition) is 6. The van der Waals surface area contributed by atoms with Crippen molar-refractivity contribution in [1.29, 1.82) is 0 Å². The van der Waals surface area contributed by atoms with Gasteiger partial charge in [0.2, 0.25) is 0 Å². The van der Waals surface area contributed by atoms with Crippen molar-refractivity contribution in [2.45, 2.75) is 227 Å². The molecule has 1 aromatic rings. The summed E-state index contributed by atoms with van der Waals surface area (Å²) in [7, 11) is 0. The van der Waals surface area contributed by atoms with Gasteiger partial charge in [0.05, 0.1) is 73.2 Å². The first-order valence-corrected chi connectivity index (χ1v) is 39.8. The summed E-state index contributed by atoms with van der Waals surface area (Å²) >= 11 is 0. The molecule has 0 aliphatic rings. The van der Waals surface area contributed by atoms with Crippen molar-refractivity contribution >= 4 is 83.8 Å². The van der Waals surface area contributed by atoms with E-state index < -0.39 is 94.6 Å². The number of amides is 2. The number of nitrogens with one attached hydrogen (secondary N) is 2. The molecule has 0 spiro atoms. The Balaban J connectivity index is -0.000000447. The molecule has 690 valence electrons. The van der Waals surface area contributed by atoms with Crippen molar-refractivity contribution < 1.29 is 154 Å². The lowest BCUT2D eigenvalue weighted by Gasteiger charge is -2.23. The first-order valence-electron chi connectivity index (χ1n) is 39.8. The number of hydrogen-bond acceptors (Lipinski definition) is 32. The Bertz CT molecular complexity index is 3420. The highest BCUT2D eigenvalue weighted by atomic mass is 16.6. The van der Waals surface area contributed by atoms with Crippen molar-refractivity contribution in [1.82, 2.24) is 10.6 Å². The zero-order valence-corrected chi connectivity index (χ0v) is 75.3. The number of aliphatic hydroxyl groups is 4. The second kappa shape index (κ2) is 66.4. The minimum Gasteiger partial charge on any atom is -0.465 e. The van der Waals surface area contributed by atoms with Gasteiger partial charge in [0, 0.05) is 46.8 Å². The largest absolute Gasteiger partial charge is 0.465 e. The first kappa shape index (κ1) is 119. The Kier molecular flexibility index (Phi) is 65.4. The standard InChI is InChI=1S/C19H26O5.C16H27NO6.C15H25NO6.C13H22O5.2C12H20O5/c1-6-19(4,5)15-9-7-14(8-10-15)18(22)24-12-16(20)11-23-17(21)13(2)3;1-6-16(4,5)14(19)22-9-7-10-23-15(20)17-8-11-21-13(18)12(2)3;1-5-12(4)14(18)20-8-6-9-22-15(19)16-7-10-21-13(17)11(2)3;1-6-13(4,5)12(16)18-8-10(14)7-17-11(15)9(2)3;1-5-9(4)12(15)17-7-10(13)6-16-11(14)8(2)3;1-5-10(14)16-7-9(13)8-17-11(15)12(3,4)6-2/h7-10,16,20H,2,6,11-12H2,1,3-5H3;2,6-11H2,1,3-5H3,(H,17,20);12H,2,5-10H2,1,3-4H3,(H,16,19);10,14H,2,6-8H2,1,3-5H3;9-10,13H,2,5-7H2,1,3-4H3;5,9,13H,1,6-8H2,2-4H3. The summed E-state index contributed by atoms with van der Waals surface area (Å²) in [4.78, 5) is 158. The van der Waals surface area contributed by atoms with E-state index >= 15 is 0 Å². The topological polar surface area (TPSA) is 473 Å². The summed E-state index contributed by atoms with van der Waals surface area (Å²) < 4.78 is 68.0. The molecule has 34 nitrogen and oxygen atoms in total. The number of esters is 12. The van der Waals surface area contributed by atoms with Crippen molar-refractivity contribution in [3.8, 4) is 0 Å². The fraction of sp³-hybridized carbons (Fsp3) is 0.632. The highest BCUT2D eigenvalue weighted by Crippen LogP contribution is 2.28. The molecule has 6 unspecified atom stereocenters. The molecule has 0 saturated carbocycles. The number of ether oxygens (including phenoxy) is 14. The Morgan fingerprint density at radius 1 is 0.364 bits per heavy atom. The van der Waals surface area contributed by atoms with Crippen LogP contribution in [-0.4, -0.2) is 234 Å². The summed E-state index contributed by atoms with van der Waals surface area (Å²) in [5.74, 6) is -5.83. The molecule has 0 aromatic heterocycles. The van der Waals surface area contributed by atoms with Crippen LogP contribution in [0.25, 0.3) is 0 Å². The Hall–Kier alpha value is -10.3. The lowest BCUT2D eigenvalue weighted by molar-refractivity contribution is -0.160. The molecular formula is C87H140N2O32. The van der Waals surface area contributed by atoms with Crippen LogP contribution in [0.5, 0.6) is 0 Å². The van der Waals surface area contributed by atoms with Crippen LogP contribution >= 0.6 is 0 Å². The minimum absolute atomic E-state index is 0.0461. The summed E-state index contributed by atoms with van der Waals surface area (Å²) in [6.45, 7) is 57.5. The molecule has 2 amide bonds. The lowest BCUT2D eigenvalue weighted by Crippen LogP contribution is -2.31. The molecule has 0 aliphatic heterocycles. The second-order valence-electron chi connectivity index (χ2n) is 30.1. The second-order valence-corrected chi connectivity index (χ2v) is 30.1. The molecule has 34 heteroatoms. The van der Waals surface area contributed by atoms with Gasteiger partial charge in [0.15, 0.2) is 0 Å². The molecule has 0 saturated heterocycles. The van der Waals surface area contributed by atoms with E-state index in [1.807, 2.05) is 60.6 Å². The fourth-order valence-electron chi connectivity index (χ4n) is 6.72. The van der Waals surface area contributed by atoms with E-state index in [2.05, 4.69) is 75.6 Å². The van der Waals surface area contributed by atoms with Crippen molar-refractivity contribution in [2.75, 3.05) is 106 Å². The smallest absolute Gasteiger partial charge is 0.407 e. The summed E-state index contributed by atoms with van der Waals surface area (Å²) in [6, 6.07) is 7.24. The van der Waals surface area contributed by atoms with Crippen LogP contribution < -0.4 is 10.6 Å². The Morgan fingerprint density at radius 2 is 0.645 bits per heavy atom. The SMILES string of the molecule is C=C(C)C(=O)OCC(O)COC(=O)C(C)(C)CC.C=C(C)C(=O)OCC(O)COC(=O)C(C)CC.C=C(C)C(=O)OCC(O)COC(=O)c1ccc(C(C)(C)CC)cc1.C=C(C)C(=O)OCCNC(=O)OCCCOC(=O)C(C)(C)CC.C=C(C)C(=O)OCCNC(=O)OCCCOC(=O)C(C)CC.C=CC(=O)OCC(O)COC(=O)C(C)(C)CC. The molecule has 6 atom stereocenters. The Morgan fingerprint density at radius 3 is 0.959 bits per heavy atom. The third-order valence-corrected chi connectivity index (χ3v) is 17.0. The highest BCUT2D eigenvalue weighted by Gasteiger charge is 2.30. The monoisotopic (exact) mass is 1720 g/mol. The van der Waals surface area contributed by atoms with E-state index in [0.29, 0.717) is 55.2 Å². The Labute approximate surface area is 714 Å². The predicted molar refractivity (Wildman–Crippen MR) is 448 cm³/mol. The molecule has 1 aromatic carbocycles. The fourth-order valence-corrected chi connectivity index (χ4v) is 6.72. The number of carbonyl (C=O) groups is 14. The van der Waals surface area contributed by atoms with Crippen LogP contribution in [0.3, 0.4) is 0 Å². The van der Waals surface area contributed by atoms with E-state index in [-0.39, 0.29) is 169 Å². The quantitative estimate of drug-likeness (QED) is 0.0153. The molecule has 1 rings (SSSR count). The van der Waals surface area contributed by atoms with E-state index in [0.717, 1.165) is 24.5 Å². The highest BCUT2D eigenvalue weighted by molar-refractivity contribution is 5.90. The van der Waals surface area contributed by atoms with E-state index in [1.54, 1.807) is 60.6 Å². The van der Waals surface area contributed by atoms with Crippen LogP contribution in [0, 0.1) is 28.1 Å². The molecule has 0 fully saturated rings. The van der Waals surface area contributed by atoms with Gasteiger partial charge in [-0.1, -0.05) is 121 Å². The maximum atomic E-state index is 12.0. The van der Waals surface area contributed by atoms with Gasteiger partial charge in [-0.25, -0.2) is 43.2 Å². The summed E-state index contributed by atoms with van der Waals surface area (Å²) in [5, 5.41) is 42.8. The molecular weight excluding hydrogens is 1580 g/mol. The average Bonchev–Trinajstić information content (AvgIpc) is 0.817. The molecule has 0 radical (unpaired) electrons. The predicted octanol–water partition coefficient (Wildman–Crippen LogP) is 10.6.